The van der Waals surface area contributed by atoms with E-state index in [9.17, 15) is 13.2 Å². The van der Waals surface area contributed by atoms with E-state index in [0.29, 0.717) is 12.5 Å². The van der Waals surface area contributed by atoms with E-state index in [2.05, 4.69) is 4.72 Å². The number of hydrogen-bond acceptors (Lipinski definition) is 3. The van der Waals surface area contributed by atoms with Gasteiger partial charge >= 0.3 is 5.97 Å². The molecular formula is C14H16ClNO4S. The van der Waals surface area contributed by atoms with E-state index < -0.39 is 16.0 Å². The maximum Gasteiger partial charge on any atom is 0.337 e. The number of carbonyl (C=O) groups is 1. The van der Waals surface area contributed by atoms with Crippen molar-refractivity contribution < 1.29 is 18.3 Å². The smallest absolute Gasteiger partial charge is 0.337 e. The van der Waals surface area contributed by atoms with Gasteiger partial charge in [-0.05, 0) is 55.2 Å². The summed E-state index contributed by atoms with van der Waals surface area (Å²) in [5, 5.41) is 8.82. The Labute approximate surface area is 128 Å². The number of sulfonamides is 1. The van der Waals surface area contributed by atoms with E-state index in [0.717, 1.165) is 12.8 Å². The number of rotatable bonds is 6. The van der Waals surface area contributed by atoms with Crippen LogP contribution in [0.15, 0.2) is 23.1 Å². The first kappa shape index (κ1) is 14.8. The lowest BCUT2D eigenvalue weighted by molar-refractivity contribution is 0.0697. The molecule has 0 unspecified atom stereocenters. The predicted molar refractivity (Wildman–Crippen MR) is 78.0 cm³/mol. The molecule has 2 N–H and O–H groups in total. The zero-order valence-corrected chi connectivity index (χ0v) is 12.9. The van der Waals surface area contributed by atoms with Crippen molar-refractivity contribution in [3.05, 3.63) is 28.8 Å². The Morgan fingerprint density at radius 2 is 2.05 bits per heavy atom. The van der Waals surface area contributed by atoms with Crippen LogP contribution in [0.2, 0.25) is 5.02 Å². The summed E-state index contributed by atoms with van der Waals surface area (Å²) < 4.78 is 27.2. The molecule has 2 aliphatic rings. The molecule has 2 saturated carbocycles. The normalized spacial score (nSPS) is 20.2. The molecule has 1 aromatic rings. The third-order valence-corrected chi connectivity index (χ3v) is 6.14. The van der Waals surface area contributed by atoms with Crippen molar-refractivity contribution in [2.75, 3.05) is 6.54 Å². The molecule has 21 heavy (non-hydrogen) atoms. The molecule has 2 aliphatic carbocycles. The number of carboxylic acid groups (broad SMARTS) is 1. The van der Waals surface area contributed by atoms with Crippen molar-refractivity contribution in [1.82, 2.24) is 4.72 Å². The Morgan fingerprint density at radius 1 is 1.38 bits per heavy atom. The average Bonchev–Trinajstić information content (AvgIpc) is 3.26. The molecule has 5 nitrogen and oxygen atoms in total. The van der Waals surface area contributed by atoms with E-state index in [1.54, 1.807) is 0 Å². The van der Waals surface area contributed by atoms with Crippen LogP contribution in [-0.2, 0) is 10.0 Å². The molecule has 7 heteroatoms. The van der Waals surface area contributed by atoms with E-state index in [4.69, 9.17) is 16.7 Å². The summed E-state index contributed by atoms with van der Waals surface area (Å²) in [4.78, 5) is 10.9. The molecule has 0 atom stereocenters. The van der Waals surface area contributed by atoms with Crippen LogP contribution in [0.4, 0.5) is 0 Å². The summed E-state index contributed by atoms with van der Waals surface area (Å²) in [6.07, 6.45) is 4.56. The molecule has 3 rings (SSSR count). The Morgan fingerprint density at radius 3 is 2.52 bits per heavy atom. The fourth-order valence-electron chi connectivity index (χ4n) is 2.74. The molecule has 0 aromatic heterocycles. The van der Waals surface area contributed by atoms with Crippen LogP contribution in [0.3, 0.4) is 0 Å². The Kier molecular flexibility index (Phi) is 3.50. The maximum absolute atomic E-state index is 12.3. The number of nitrogens with one attached hydrogen (secondary N) is 1. The fourth-order valence-corrected chi connectivity index (χ4v) is 4.23. The van der Waals surface area contributed by atoms with E-state index >= 15 is 0 Å². The van der Waals surface area contributed by atoms with Gasteiger partial charge in [0.1, 0.15) is 0 Å². The standard InChI is InChI=1S/C14H16ClNO4S/c15-12-7-10(3-4-11(12)13(17)18)21(19,20)16-8-14(5-6-14)9-1-2-9/h3-4,7,9,16H,1-2,5-6,8H2,(H,17,18). The van der Waals surface area contributed by atoms with Gasteiger partial charge in [0.15, 0.2) is 0 Å². The number of hydrogen-bond donors (Lipinski definition) is 2. The largest absolute Gasteiger partial charge is 0.478 e. The lowest BCUT2D eigenvalue weighted by Crippen LogP contribution is -2.31. The van der Waals surface area contributed by atoms with Gasteiger partial charge in [0, 0.05) is 6.54 Å². The summed E-state index contributed by atoms with van der Waals surface area (Å²) in [6.45, 7) is 0.457. The number of halogens is 1. The van der Waals surface area contributed by atoms with Crippen molar-refractivity contribution in [3.63, 3.8) is 0 Å². The van der Waals surface area contributed by atoms with Crippen LogP contribution in [0.25, 0.3) is 0 Å². The Balaban J connectivity index is 1.75. The van der Waals surface area contributed by atoms with Gasteiger partial charge in [0.2, 0.25) is 10.0 Å². The third-order valence-electron chi connectivity index (χ3n) is 4.43. The molecular weight excluding hydrogens is 314 g/mol. The molecule has 0 heterocycles. The van der Waals surface area contributed by atoms with Crippen LogP contribution >= 0.6 is 11.6 Å². The van der Waals surface area contributed by atoms with E-state index in [1.165, 1.54) is 31.0 Å². The second-order valence-electron chi connectivity index (χ2n) is 5.91. The molecule has 114 valence electrons. The number of aromatic carboxylic acids is 1. The van der Waals surface area contributed by atoms with Gasteiger partial charge in [-0.3, -0.25) is 0 Å². The van der Waals surface area contributed by atoms with Gasteiger partial charge in [-0.2, -0.15) is 0 Å². The first-order chi connectivity index (χ1) is 9.84. The lowest BCUT2D eigenvalue weighted by Gasteiger charge is -2.15. The Hall–Kier alpha value is -1.11. The lowest BCUT2D eigenvalue weighted by atomic mass is 10.0. The minimum Gasteiger partial charge on any atom is -0.478 e. The second kappa shape index (κ2) is 4.97. The summed E-state index contributed by atoms with van der Waals surface area (Å²) in [5.41, 5.74) is 0.0602. The van der Waals surface area contributed by atoms with Crippen molar-refractivity contribution >= 4 is 27.6 Å². The topological polar surface area (TPSA) is 83.5 Å². The monoisotopic (exact) mass is 329 g/mol. The van der Waals surface area contributed by atoms with Crippen LogP contribution in [0.5, 0.6) is 0 Å². The summed E-state index contributed by atoms with van der Waals surface area (Å²) in [7, 11) is -3.65. The Bertz CT molecular complexity index is 693. The highest BCUT2D eigenvalue weighted by atomic mass is 35.5. The second-order valence-corrected chi connectivity index (χ2v) is 8.08. The zero-order chi connectivity index (χ0) is 15.3. The van der Waals surface area contributed by atoms with E-state index in [-0.39, 0.29) is 20.9 Å². The van der Waals surface area contributed by atoms with Crippen LogP contribution in [0.1, 0.15) is 36.0 Å². The van der Waals surface area contributed by atoms with Crippen LogP contribution < -0.4 is 4.72 Å². The van der Waals surface area contributed by atoms with Gasteiger partial charge in [-0.1, -0.05) is 11.6 Å². The van der Waals surface area contributed by atoms with Gasteiger partial charge in [-0.15, -0.1) is 0 Å². The van der Waals surface area contributed by atoms with Gasteiger partial charge in [0.25, 0.3) is 0 Å². The first-order valence-corrected chi connectivity index (χ1v) is 8.73. The quantitative estimate of drug-likeness (QED) is 0.840. The van der Waals surface area contributed by atoms with Crippen molar-refractivity contribution in [1.29, 1.82) is 0 Å². The summed E-state index contributed by atoms with van der Waals surface area (Å²) in [5.74, 6) is -0.513. The van der Waals surface area contributed by atoms with Gasteiger partial charge < -0.3 is 5.11 Å². The molecule has 2 fully saturated rings. The predicted octanol–water partition coefficient (Wildman–Crippen LogP) is 2.51. The molecule has 1 aromatic carbocycles. The minimum absolute atomic E-state index is 0.00379. The highest BCUT2D eigenvalue weighted by Gasteiger charge is 2.53. The van der Waals surface area contributed by atoms with Crippen molar-refractivity contribution in [2.24, 2.45) is 11.3 Å². The average molecular weight is 330 g/mol. The van der Waals surface area contributed by atoms with E-state index in [1.807, 2.05) is 0 Å². The third kappa shape index (κ3) is 2.93. The minimum atomic E-state index is -3.65. The molecule has 0 spiro atoms. The molecule has 0 saturated heterocycles. The SMILES string of the molecule is O=C(O)c1ccc(S(=O)(=O)NCC2(C3CC3)CC2)cc1Cl. The highest BCUT2D eigenvalue weighted by Crippen LogP contribution is 2.60. The number of benzene rings is 1. The molecule has 0 aliphatic heterocycles. The fraction of sp³-hybridized carbons (Fsp3) is 0.500. The molecule has 0 amide bonds. The van der Waals surface area contributed by atoms with Crippen LogP contribution in [-0.4, -0.2) is 26.0 Å². The van der Waals surface area contributed by atoms with Gasteiger partial charge in [0.05, 0.1) is 15.5 Å². The van der Waals surface area contributed by atoms with Crippen molar-refractivity contribution in [3.8, 4) is 0 Å². The zero-order valence-electron chi connectivity index (χ0n) is 11.3. The van der Waals surface area contributed by atoms with Gasteiger partial charge in [-0.25, -0.2) is 17.9 Å². The first-order valence-electron chi connectivity index (χ1n) is 6.87. The van der Waals surface area contributed by atoms with Crippen LogP contribution in [0, 0.1) is 11.3 Å². The van der Waals surface area contributed by atoms with Crippen molar-refractivity contribution in [2.45, 2.75) is 30.6 Å². The molecule has 0 radical (unpaired) electrons. The highest BCUT2D eigenvalue weighted by molar-refractivity contribution is 7.89. The summed E-state index contributed by atoms with van der Waals surface area (Å²) >= 11 is 5.82. The summed E-state index contributed by atoms with van der Waals surface area (Å²) in [6, 6.07) is 3.67. The number of carboxylic acids is 1. The molecule has 0 bridgehead atoms. The maximum atomic E-state index is 12.3.